The Bertz CT molecular complexity index is 347. The van der Waals surface area contributed by atoms with Gasteiger partial charge in [-0.15, -0.1) is 0 Å². The van der Waals surface area contributed by atoms with Crippen molar-refractivity contribution in [1.82, 2.24) is 0 Å². The smallest absolute Gasteiger partial charge is 0.307 e. The Morgan fingerprint density at radius 3 is 2.69 bits per heavy atom. The molecule has 0 fully saturated rings. The molecule has 0 aromatic heterocycles. The lowest BCUT2D eigenvalue weighted by molar-refractivity contribution is -0.136. The molecule has 0 amide bonds. The molecule has 0 atom stereocenters. The molecule has 3 nitrogen and oxygen atoms in total. The summed E-state index contributed by atoms with van der Waals surface area (Å²) in [6, 6.07) is 2.26. The first-order valence-electron chi connectivity index (χ1n) is 3.70. The molecule has 1 aromatic rings. The van der Waals surface area contributed by atoms with Gasteiger partial charge in [-0.05, 0) is 30.2 Å². The summed E-state index contributed by atoms with van der Waals surface area (Å²) in [4.78, 5) is 10.3. The second-order valence-electron chi connectivity index (χ2n) is 2.80. The minimum absolute atomic E-state index is 0.233. The molecule has 0 unspecified atom stereocenters. The van der Waals surface area contributed by atoms with Crippen LogP contribution in [0.25, 0.3) is 0 Å². The zero-order chi connectivity index (χ0) is 10.0. The van der Waals surface area contributed by atoms with E-state index in [0.29, 0.717) is 11.1 Å². The third kappa shape index (κ3) is 2.18. The number of phenolic OH excluding ortho intramolecular Hbond substituents is 1. The third-order valence-electron chi connectivity index (χ3n) is 1.75. The molecule has 70 valence electrons. The van der Waals surface area contributed by atoms with E-state index >= 15 is 0 Å². The Morgan fingerprint density at radius 2 is 2.15 bits per heavy atom. The van der Waals surface area contributed by atoms with E-state index in [9.17, 15) is 9.18 Å². The highest BCUT2D eigenvalue weighted by Gasteiger charge is 2.08. The summed E-state index contributed by atoms with van der Waals surface area (Å²) in [5, 5.41) is 17.4. The molecule has 0 spiro atoms. The van der Waals surface area contributed by atoms with Crippen molar-refractivity contribution < 1.29 is 19.4 Å². The molecule has 1 aromatic carbocycles. The van der Waals surface area contributed by atoms with Gasteiger partial charge in [-0.25, -0.2) is 4.39 Å². The summed E-state index contributed by atoms with van der Waals surface area (Å²) >= 11 is 0. The number of hydrogen-bond acceptors (Lipinski definition) is 2. The van der Waals surface area contributed by atoms with Gasteiger partial charge in [0, 0.05) is 0 Å². The van der Waals surface area contributed by atoms with E-state index in [-0.39, 0.29) is 6.42 Å². The fourth-order valence-corrected chi connectivity index (χ4v) is 1.06. The lowest BCUT2D eigenvalue weighted by Gasteiger charge is -2.04. The summed E-state index contributed by atoms with van der Waals surface area (Å²) in [7, 11) is 0. The van der Waals surface area contributed by atoms with Crippen LogP contribution in [-0.2, 0) is 11.2 Å². The van der Waals surface area contributed by atoms with Crippen LogP contribution in [0.2, 0.25) is 0 Å². The van der Waals surface area contributed by atoms with Gasteiger partial charge >= 0.3 is 5.97 Å². The van der Waals surface area contributed by atoms with Gasteiger partial charge in [-0.1, -0.05) is 0 Å². The van der Waals surface area contributed by atoms with Crippen LogP contribution < -0.4 is 0 Å². The number of aliphatic carboxylic acids is 1. The number of carboxylic acids is 1. The van der Waals surface area contributed by atoms with E-state index in [0.717, 1.165) is 6.07 Å². The van der Waals surface area contributed by atoms with Gasteiger partial charge in [0.25, 0.3) is 0 Å². The van der Waals surface area contributed by atoms with E-state index in [1.807, 2.05) is 0 Å². The fourth-order valence-electron chi connectivity index (χ4n) is 1.06. The van der Waals surface area contributed by atoms with Crippen molar-refractivity contribution in [2.24, 2.45) is 0 Å². The number of aromatic hydroxyl groups is 1. The van der Waals surface area contributed by atoms with Crippen molar-refractivity contribution in [1.29, 1.82) is 0 Å². The Morgan fingerprint density at radius 1 is 1.54 bits per heavy atom. The van der Waals surface area contributed by atoms with Gasteiger partial charge in [-0.3, -0.25) is 4.79 Å². The number of carbonyl (C=O) groups is 1. The van der Waals surface area contributed by atoms with Gasteiger partial charge in [0.15, 0.2) is 11.6 Å². The Kier molecular flexibility index (Phi) is 2.51. The van der Waals surface area contributed by atoms with Crippen LogP contribution in [0.5, 0.6) is 5.75 Å². The van der Waals surface area contributed by atoms with Gasteiger partial charge in [0.1, 0.15) is 0 Å². The van der Waals surface area contributed by atoms with E-state index in [1.165, 1.54) is 6.07 Å². The van der Waals surface area contributed by atoms with Crippen LogP contribution in [0.4, 0.5) is 4.39 Å². The highest BCUT2D eigenvalue weighted by atomic mass is 19.1. The van der Waals surface area contributed by atoms with Crippen LogP contribution >= 0.6 is 0 Å². The Balaban J connectivity index is 3.08. The fraction of sp³-hybridized carbons (Fsp3) is 0.222. The van der Waals surface area contributed by atoms with Crippen molar-refractivity contribution in [3.8, 4) is 5.75 Å². The minimum Gasteiger partial charge on any atom is -0.505 e. The van der Waals surface area contributed by atoms with Gasteiger partial charge in [-0.2, -0.15) is 0 Å². The highest BCUT2D eigenvalue weighted by molar-refractivity contribution is 5.70. The molecule has 0 aliphatic carbocycles. The normalized spacial score (nSPS) is 10.0. The summed E-state index contributed by atoms with van der Waals surface area (Å²) in [5.41, 5.74) is 0.948. The molecule has 0 radical (unpaired) electrons. The van der Waals surface area contributed by atoms with E-state index in [2.05, 4.69) is 0 Å². The lowest BCUT2D eigenvalue weighted by atomic mass is 10.1. The maximum absolute atomic E-state index is 12.8. The van der Waals surface area contributed by atoms with Gasteiger partial charge in [0.05, 0.1) is 6.42 Å². The van der Waals surface area contributed by atoms with Crippen LogP contribution in [0.1, 0.15) is 11.1 Å². The van der Waals surface area contributed by atoms with Crippen molar-refractivity contribution in [3.63, 3.8) is 0 Å². The summed E-state index contributed by atoms with van der Waals surface area (Å²) < 4.78 is 12.8. The summed E-state index contributed by atoms with van der Waals surface area (Å²) in [6.45, 7) is 1.62. The number of benzene rings is 1. The number of rotatable bonds is 2. The number of hydrogen-bond donors (Lipinski definition) is 2. The van der Waals surface area contributed by atoms with E-state index < -0.39 is 17.5 Å². The molecule has 0 saturated heterocycles. The van der Waals surface area contributed by atoms with E-state index in [1.54, 1.807) is 6.92 Å². The monoisotopic (exact) mass is 184 g/mol. The Labute approximate surface area is 74.4 Å². The lowest BCUT2D eigenvalue weighted by Crippen LogP contribution is -2.02. The standard InChI is InChI=1S/C9H9FO3/c1-5-2-8(11)7(10)3-6(5)4-9(12)13/h2-3,11H,4H2,1H3,(H,12,13). The van der Waals surface area contributed by atoms with Gasteiger partial charge in [0.2, 0.25) is 0 Å². The largest absolute Gasteiger partial charge is 0.505 e. The first-order valence-corrected chi connectivity index (χ1v) is 3.70. The molecular formula is C9H9FO3. The zero-order valence-electron chi connectivity index (χ0n) is 7.04. The highest BCUT2D eigenvalue weighted by Crippen LogP contribution is 2.20. The van der Waals surface area contributed by atoms with E-state index in [4.69, 9.17) is 10.2 Å². The first-order chi connectivity index (χ1) is 6.00. The predicted molar refractivity (Wildman–Crippen MR) is 44.1 cm³/mol. The molecule has 4 heteroatoms. The maximum Gasteiger partial charge on any atom is 0.307 e. The second-order valence-corrected chi connectivity index (χ2v) is 2.80. The molecule has 0 saturated carbocycles. The Hall–Kier alpha value is -1.58. The van der Waals surface area contributed by atoms with Crippen LogP contribution in [-0.4, -0.2) is 16.2 Å². The third-order valence-corrected chi connectivity index (χ3v) is 1.75. The van der Waals surface area contributed by atoms with Crippen molar-refractivity contribution in [2.75, 3.05) is 0 Å². The molecule has 0 aliphatic heterocycles. The molecule has 0 bridgehead atoms. The van der Waals surface area contributed by atoms with Crippen LogP contribution in [0.15, 0.2) is 12.1 Å². The molecular weight excluding hydrogens is 175 g/mol. The van der Waals surface area contributed by atoms with Gasteiger partial charge < -0.3 is 10.2 Å². The second kappa shape index (κ2) is 3.43. The molecule has 0 aliphatic rings. The quantitative estimate of drug-likeness (QED) is 0.731. The number of aryl methyl sites for hydroxylation is 1. The molecule has 13 heavy (non-hydrogen) atoms. The van der Waals surface area contributed by atoms with Crippen molar-refractivity contribution >= 4 is 5.97 Å². The van der Waals surface area contributed by atoms with Crippen LogP contribution in [0.3, 0.4) is 0 Å². The molecule has 2 N–H and O–H groups in total. The van der Waals surface area contributed by atoms with Crippen molar-refractivity contribution in [2.45, 2.75) is 13.3 Å². The zero-order valence-corrected chi connectivity index (χ0v) is 7.04. The average Bonchev–Trinajstić information content (AvgIpc) is 1.99. The SMILES string of the molecule is Cc1cc(O)c(F)cc1CC(=O)O. The predicted octanol–water partition coefficient (Wildman–Crippen LogP) is 1.47. The van der Waals surface area contributed by atoms with Crippen molar-refractivity contribution in [3.05, 3.63) is 29.1 Å². The number of carboxylic acid groups (broad SMARTS) is 1. The molecule has 0 heterocycles. The number of halogens is 1. The summed E-state index contributed by atoms with van der Waals surface area (Å²) in [6.07, 6.45) is -0.233. The first kappa shape index (κ1) is 9.51. The summed E-state index contributed by atoms with van der Waals surface area (Å²) in [5.74, 6) is -2.26. The molecule has 1 rings (SSSR count). The van der Waals surface area contributed by atoms with Crippen LogP contribution in [0, 0.1) is 12.7 Å². The topological polar surface area (TPSA) is 57.5 Å². The number of phenols is 1. The average molecular weight is 184 g/mol. The maximum atomic E-state index is 12.8. The minimum atomic E-state index is -1.02.